The quantitative estimate of drug-likeness (QED) is 0.145. The predicted molar refractivity (Wildman–Crippen MR) is 209 cm³/mol. The first kappa shape index (κ1) is 43.6. The van der Waals surface area contributed by atoms with Gasteiger partial charge in [0, 0.05) is 73.6 Å². The van der Waals surface area contributed by atoms with E-state index in [0.29, 0.717) is 23.7 Å². The van der Waals surface area contributed by atoms with Gasteiger partial charge in [-0.2, -0.15) is 0 Å². The molecule has 0 amide bonds. The molecule has 5 aromatic heterocycles. The van der Waals surface area contributed by atoms with E-state index in [1.54, 1.807) is 24.8 Å². The molecular weight excluding hydrogens is 615 g/mol. The first-order valence-corrected chi connectivity index (χ1v) is 18.1. The zero-order chi connectivity index (χ0) is 37.0. The zero-order valence-electron chi connectivity index (χ0n) is 32.4. The monoisotopic (exact) mass is 678 g/mol. The highest BCUT2D eigenvalue weighted by molar-refractivity contribution is 5.08. The van der Waals surface area contributed by atoms with Crippen LogP contribution in [0.25, 0.3) is 0 Å². The van der Waals surface area contributed by atoms with Crippen molar-refractivity contribution in [1.82, 2.24) is 34.9 Å². The number of hydrogen-bond acceptors (Lipinski definition) is 7. The molecule has 5 heterocycles. The third kappa shape index (κ3) is 25.6. The molecule has 0 aliphatic carbocycles. The minimum absolute atomic E-state index is 0.641. The highest BCUT2D eigenvalue weighted by Gasteiger charge is 1.99. The lowest BCUT2D eigenvalue weighted by atomic mass is 10.1. The van der Waals surface area contributed by atoms with Crippen LogP contribution < -0.4 is 0 Å². The van der Waals surface area contributed by atoms with Gasteiger partial charge in [0.2, 0.25) is 0 Å². The molecule has 0 spiro atoms. The van der Waals surface area contributed by atoms with Crippen LogP contribution in [0.4, 0.5) is 0 Å². The van der Waals surface area contributed by atoms with E-state index in [1.165, 1.54) is 17.0 Å². The fourth-order valence-electron chi connectivity index (χ4n) is 4.52. The van der Waals surface area contributed by atoms with Gasteiger partial charge in [0.05, 0.1) is 5.69 Å². The number of nitrogens with zero attached hydrogens (tertiary/aromatic N) is 7. The summed E-state index contributed by atoms with van der Waals surface area (Å²) in [5.74, 6) is 4.38. The lowest BCUT2D eigenvalue weighted by Crippen LogP contribution is -1.98. The third-order valence-electron chi connectivity index (χ3n) is 6.50. The summed E-state index contributed by atoms with van der Waals surface area (Å²) in [4.78, 5) is 28.8. The molecule has 5 rings (SSSR count). The molecule has 5 aromatic rings. The van der Waals surface area contributed by atoms with Crippen LogP contribution in [0.15, 0.2) is 110 Å². The largest absolute Gasteiger partial charge is 0.264 e. The summed E-state index contributed by atoms with van der Waals surface area (Å²) >= 11 is 0. The summed E-state index contributed by atoms with van der Waals surface area (Å²) in [5, 5.41) is 0. The van der Waals surface area contributed by atoms with Gasteiger partial charge in [-0.1, -0.05) is 87.4 Å². The maximum Gasteiger partial charge on any atom is 0.128 e. The van der Waals surface area contributed by atoms with Gasteiger partial charge in [-0.3, -0.25) is 24.9 Å². The predicted octanol–water partition coefficient (Wildman–Crippen LogP) is 10.2. The van der Waals surface area contributed by atoms with Crippen LogP contribution in [-0.2, 0) is 32.1 Å². The molecule has 0 saturated carbocycles. The van der Waals surface area contributed by atoms with Crippen LogP contribution in [0.3, 0.4) is 0 Å². The third-order valence-corrected chi connectivity index (χ3v) is 6.50. The van der Waals surface area contributed by atoms with E-state index in [4.69, 9.17) is 0 Å². The highest BCUT2D eigenvalue weighted by Crippen LogP contribution is 2.06. The fourth-order valence-corrected chi connectivity index (χ4v) is 4.52. The molecule has 0 saturated heterocycles. The van der Waals surface area contributed by atoms with Crippen molar-refractivity contribution in [2.75, 3.05) is 0 Å². The minimum Gasteiger partial charge on any atom is -0.264 e. The van der Waals surface area contributed by atoms with Crippen molar-refractivity contribution in [2.24, 2.45) is 29.6 Å². The Morgan fingerprint density at radius 3 is 1.22 bits per heavy atom. The molecule has 0 atom stereocenters. The zero-order valence-corrected chi connectivity index (χ0v) is 32.4. The van der Waals surface area contributed by atoms with Crippen LogP contribution in [0.5, 0.6) is 0 Å². The molecule has 50 heavy (non-hydrogen) atoms. The van der Waals surface area contributed by atoms with Gasteiger partial charge < -0.3 is 0 Å². The SMILES string of the molecule is CC(C)Cc1ccccn1.CC(C)Cc1ccccn1.CC(C)Cc1cccnc1.CC(C)Cc1cnccn1.CC(C)Cc1ncccn1. The Kier molecular flexibility index (Phi) is 23.9. The van der Waals surface area contributed by atoms with E-state index in [2.05, 4.69) is 122 Å². The minimum atomic E-state index is 0.641. The highest BCUT2D eigenvalue weighted by atomic mass is 14.8. The van der Waals surface area contributed by atoms with Crippen LogP contribution in [0.2, 0.25) is 0 Å². The van der Waals surface area contributed by atoms with Gasteiger partial charge in [0.1, 0.15) is 5.82 Å². The van der Waals surface area contributed by atoms with Gasteiger partial charge in [0.15, 0.2) is 0 Å². The van der Waals surface area contributed by atoms with Gasteiger partial charge in [-0.15, -0.1) is 0 Å². The molecule has 0 aliphatic rings. The molecule has 0 unspecified atom stereocenters. The fraction of sp³-hybridized carbons (Fsp3) is 0.465. The lowest BCUT2D eigenvalue weighted by molar-refractivity contribution is 0.620. The number of rotatable bonds is 10. The Bertz CT molecular complexity index is 1170. The van der Waals surface area contributed by atoms with E-state index in [-0.39, 0.29) is 0 Å². The second-order valence-corrected chi connectivity index (χ2v) is 14.4. The number of hydrogen-bond donors (Lipinski definition) is 0. The van der Waals surface area contributed by atoms with Crippen molar-refractivity contribution in [1.29, 1.82) is 0 Å². The molecular formula is C43H63N7. The smallest absolute Gasteiger partial charge is 0.128 e. The Labute approximate surface area is 304 Å². The molecule has 7 nitrogen and oxygen atoms in total. The molecule has 0 bridgehead atoms. The molecule has 7 heteroatoms. The normalized spacial score (nSPS) is 10.3. The van der Waals surface area contributed by atoms with Crippen LogP contribution in [0, 0.1) is 29.6 Å². The van der Waals surface area contributed by atoms with Crippen molar-refractivity contribution >= 4 is 0 Å². The Morgan fingerprint density at radius 2 is 0.820 bits per heavy atom. The molecule has 270 valence electrons. The molecule has 0 N–H and O–H groups in total. The van der Waals surface area contributed by atoms with Crippen molar-refractivity contribution in [2.45, 2.75) is 101 Å². The topological polar surface area (TPSA) is 90.2 Å². The van der Waals surface area contributed by atoms with Crippen LogP contribution in [-0.4, -0.2) is 34.9 Å². The second kappa shape index (κ2) is 27.4. The maximum atomic E-state index is 4.22. The number of aromatic nitrogens is 7. The first-order valence-electron chi connectivity index (χ1n) is 18.1. The van der Waals surface area contributed by atoms with E-state index in [0.717, 1.165) is 49.5 Å². The maximum absolute atomic E-state index is 4.22. The van der Waals surface area contributed by atoms with E-state index in [9.17, 15) is 0 Å². The first-order chi connectivity index (χ1) is 23.9. The molecule has 0 aliphatic heterocycles. The Hall–Kier alpha value is -4.39. The average Bonchev–Trinajstić information content (AvgIpc) is 3.07. The van der Waals surface area contributed by atoms with Gasteiger partial charge in [0.25, 0.3) is 0 Å². The number of pyridine rings is 3. The van der Waals surface area contributed by atoms with Gasteiger partial charge in [-0.05, 0) is 97.2 Å². The average molecular weight is 678 g/mol. The molecule has 0 aromatic carbocycles. The Balaban J connectivity index is 0.000000312. The Morgan fingerprint density at radius 1 is 0.360 bits per heavy atom. The van der Waals surface area contributed by atoms with Crippen LogP contribution in [0.1, 0.15) is 97.7 Å². The lowest BCUT2D eigenvalue weighted by Gasteiger charge is -2.01. The van der Waals surface area contributed by atoms with E-state index < -0.39 is 0 Å². The molecule has 0 fully saturated rings. The summed E-state index contributed by atoms with van der Waals surface area (Å²) in [6, 6.07) is 18.0. The summed E-state index contributed by atoms with van der Waals surface area (Å²) in [5.41, 5.74) is 4.80. The van der Waals surface area contributed by atoms with E-state index in [1.807, 2.05) is 67.4 Å². The summed E-state index contributed by atoms with van der Waals surface area (Å²) < 4.78 is 0. The van der Waals surface area contributed by atoms with Crippen molar-refractivity contribution < 1.29 is 0 Å². The summed E-state index contributed by atoms with van der Waals surface area (Å²) in [6.45, 7) is 21.9. The van der Waals surface area contributed by atoms with Gasteiger partial charge >= 0.3 is 0 Å². The summed E-state index contributed by atoms with van der Waals surface area (Å²) in [6.07, 6.45) is 21.5. The van der Waals surface area contributed by atoms with Crippen molar-refractivity contribution in [3.63, 3.8) is 0 Å². The summed E-state index contributed by atoms with van der Waals surface area (Å²) in [7, 11) is 0. The standard InChI is InChI=1S/3C9H13N.2C8H12N2/c1-8(2)6-9-4-3-5-10-7-9;2*1-8(2)7-9-5-3-4-6-10-9;1-7(2)5-8-6-9-3-4-10-8;1-7(2)6-8-9-4-3-5-10-8/h3-5,7-8H,6H2,1-2H3;2*3-6,8H,7H2,1-2H3;3-4,6-7H,5H2,1-2H3;3-5,7H,6H2,1-2H3. The van der Waals surface area contributed by atoms with E-state index >= 15 is 0 Å². The van der Waals surface area contributed by atoms with Gasteiger partial charge in [-0.25, -0.2) is 9.97 Å². The van der Waals surface area contributed by atoms with Crippen molar-refractivity contribution in [3.05, 3.63) is 139 Å². The molecule has 0 radical (unpaired) electrons. The second-order valence-electron chi connectivity index (χ2n) is 14.4. The van der Waals surface area contributed by atoms with Crippen molar-refractivity contribution in [3.8, 4) is 0 Å². The van der Waals surface area contributed by atoms with Crippen LogP contribution >= 0.6 is 0 Å².